The summed E-state index contributed by atoms with van der Waals surface area (Å²) in [5, 5.41) is 0. The first-order valence-electron chi connectivity index (χ1n) is 4.94. The molecule has 0 saturated carbocycles. The Balaban J connectivity index is 2.35. The average Bonchev–Trinajstić information content (AvgIpc) is 2.30. The lowest BCUT2D eigenvalue weighted by molar-refractivity contribution is 0.626. The SMILES string of the molecule is N[C@@H](c1ccc(F)cc1)c1ccccc1I. The summed E-state index contributed by atoms with van der Waals surface area (Å²) in [7, 11) is 0. The second-order valence-corrected chi connectivity index (χ2v) is 4.71. The van der Waals surface area contributed by atoms with Crippen molar-refractivity contribution >= 4 is 22.6 Å². The smallest absolute Gasteiger partial charge is 0.123 e. The van der Waals surface area contributed by atoms with Crippen LogP contribution in [0.3, 0.4) is 0 Å². The molecule has 0 amide bonds. The van der Waals surface area contributed by atoms with Gasteiger partial charge in [0.05, 0.1) is 6.04 Å². The molecule has 3 heteroatoms. The fourth-order valence-corrected chi connectivity index (χ4v) is 2.30. The molecular formula is C13H11FIN. The van der Waals surface area contributed by atoms with E-state index in [9.17, 15) is 4.39 Å². The van der Waals surface area contributed by atoms with Crippen LogP contribution in [-0.2, 0) is 0 Å². The van der Waals surface area contributed by atoms with Crippen LogP contribution in [0.4, 0.5) is 4.39 Å². The normalized spacial score (nSPS) is 12.4. The van der Waals surface area contributed by atoms with Crippen molar-refractivity contribution in [3.8, 4) is 0 Å². The Morgan fingerprint density at radius 2 is 1.62 bits per heavy atom. The Labute approximate surface area is 108 Å². The number of halogens is 2. The third-order valence-electron chi connectivity index (χ3n) is 2.47. The molecule has 0 bridgehead atoms. The highest BCUT2D eigenvalue weighted by Gasteiger charge is 2.11. The predicted molar refractivity (Wildman–Crippen MR) is 71.6 cm³/mol. The third-order valence-corrected chi connectivity index (χ3v) is 3.45. The first kappa shape index (κ1) is 11.5. The molecule has 2 N–H and O–H groups in total. The molecule has 0 aliphatic carbocycles. The Bertz CT molecular complexity index is 482. The molecule has 2 rings (SSSR count). The summed E-state index contributed by atoms with van der Waals surface area (Å²) in [6.07, 6.45) is 0. The summed E-state index contributed by atoms with van der Waals surface area (Å²) in [5.74, 6) is -0.237. The molecule has 0 fully saturated rings. The molecule has 82 valence electrons. The Morgan fingerprint density at radius 1 is 1.00 bits per heavy atom. The minimum atomic E-state index is -0.237. The molecule has 0 spiro atoms. The first-order valence-corrected chi connectivity index (χ1v) is 6.02. The van der Waals surface area contributed by atoms with E-state index < -0.39 is 0 Å². The molecule has 16 heavy (non-hydrogen) atoms. The van der Waals surface area contributed by atoms with Crippen LogP contribution in [0.2, 0.25) is 0 Å². The second-order valence-electron chi connectivity index (χ2n) is 3.55. The summed E-state index contributed by atoms with van der Waals surface area (Å²) in [6, 6.07) is 14.1. The van der Waals surface area contributed by atoms with E-state index in [1.807, 2.05) is 24.3 Å². The van der Waals surface area contributed by atoms with E-state index in [1.54, 1.807) is 12.1 Å². The summed E-state index contributed by atoms with van der Waals surface area (Å²) >= 11 is 2.25. The van der Waals surface area contributed by atoms with Crippen LogP contribution in [0.25, 0.3) is 0 Å². The fraction of sp³-hybridized carbons (Fsp3) is 0.0769. The number of benzene rings is 2. The molecule has 0 aliphatic heterocycles. The third kappa shape index (κ3) is 2.41. The summed E-state index contributed by atoms with van der Waals surface area (Å²) in [6.45, 7) is 0. The van der Waals surface area contributed by atoms with Gasteiger partial charge in [0.1, 0.15) is 5.82 Å². The van der Waals surface area contributed by atoms with Crippen molar-refractivity contribution < 1.29 is 4.39 Å². The number of rotatable bonds is 2. The maximum absolute atomic E-state index is 12.8. The Kier molecular flexibility index (Phi) is 3.56. The Hall–Kier alpha value is -0.940. The zero-order valence-corrected chi connectivity index (χ0v) is 10.7. The lowest BCUT2D eigenvalue weighted by atomic mass is 10.00. The fourth-order valence-electron chi connectivity index (χ4n) is 1.58. The van der Waals surface area contributed by atoms with Crippen LogP contribution >= 0.6 is 22.6 Å². The van der Waals surface area contributed by atoms with E-state index in [0.717, 1.165) is 14.7 Å². The molecule has 0 saturated heterocycles. The lowest BCUT2D eigenvalue weighted by Crippen LogP contribution is -2.13. The van der Waals surface area contributed by atoms with Crippen LogP contribution in [0.5, 0.6) is 0 Å². The molecular weight excluding hydrogens is 316 g/mol. The maximum Gasteiger partial charge on any atom is 0.123 e. The monoisotopic (exact) mass is 327 g/mol. The van der Waals surface area contributed by atoms with Crippen molar-refractivity contribution in [2.24, 2.45) is 5.73 Å². The molecule has 2 aromatic rings. The molecule has 1 atom stereocenters. The highest BCUT2D eigenvalue weighted by Crippen LogP contribution is 2.23. The second kappa shape index (κ2) is 4.93. The van der Waals surface area contributed by atoms with Gasteiger partial charge >= 0.3 is 0 Å². The van der Waals surface area contributed by atoms with Crippen LogP contribution in [0.15, 0.2) is 48.5 Å². The molecule has 0 aliphatic rings. The van der Waals surface area contributed by atoms with Gasteiger partial charge in [0.2, 0.25) is 0 Å². The topological polar surface area (TPSA) is 26.0 Å². The van der Waals surface area contributed by atoms with Gasteiger partial charge in [0.15, 0.2) is 0 Å². The van der Waals surface area contributed by atoms with E-state index in [4.69, 9.17) is 5.73 Å². The van der Waals surface area contributed by atoms with Gasteiger partial charge in [-0.1, -0.05) is 30.3 Å². The van der Waals surface area contributed by atoms with Crippen molar-refractivity contribution in [2.75, 3.05) is 0 Å². The minimum Gasteiger partial charge on any atom is -0.320 e. The van der Waals surface area contributed by atoms with Gasteiger partial charge in [-0.2, -0.15) is 0 Å². The van der Waals surface area contributed by atoms with Gasteiger partial charge in [0.25, 0.3) is 0 Å². The molecule has 1 nitrogen and oxygen atoms in total. The Morgan fingerprint density at radius 3 is 2.25 bits per heavy atom. The van der Waals surface area contributed by atoms with Crippen LogP contribution in [0, 0.1) is 9.39 Å². The summed E-state index contributed by atoms with van der Waals surface area (Å²) < 4.78 is 13.9. The van der Waals surface area contributed by atoms with E-state index in [2.05, 4.69) is 22.6 Å². The van der Waals surface area contributed by atoms with E-state index in [-0.39, 0.29) is 11.9 Å². The molecule has 0 aromatic heterocycles. The highest BCUT2D eigenvalue weighted by molar-refractivity contribution is 14.1. The van der Waals surface area contributed by atoms with Crippen molar-refractivity contribution in [2.45, 2.75) is 6.04 Å². The summed E-state index contributed by atoms with van der Waals surface area (Å²) in [4.78, 5) is 0. The highest BCUT2D eigenvalue weighted by atomic mass is 127. The predicted octanol–water partition coefficient (Wildman–Crippen LogP) is 3.48. The zero-order valence-electron chi connectivity index (χ0n) is 8.53. The van der Waals surface area contributed by atoms with Gasteiger partial charge in [0, 0.05) is 3.57 Å². The van der Waals surface area contributed by atoms with Gasteiger partial charge in [-0.25, -0.2) is 4.39 Å². The van der Waals surface area contributed by atoms with Gasteiger partial charge in [-0.05, 0) is 51.9 Å². The summed E-state index contributed by atoms with van der Waals surface area (Å²) in [5.41, 5.74) is 8.13. The van der Waals surface area contributed by atoms with Crippen molar-refractivity contribution in [1.82, 2.24) is 0 Å². The largest absolute Gasteiger partial charge is 0.320 e. The first-order chi connectivity index (χ1) is 7.68. The van der Waals surface area contributed by atoms with E-state index >= 15 is 0 Å². The van der Waals surface area contributed by atoms with Crippen molar-refractivity contribution in [3.05, 3.63) is 69.0 Å². The maximum atomic E-state index is 12.8. The van der Waals surface area contributed by atoms with Crippen LogP contribution < -0.4 is 5.73 Å². The molecule has 0 unspecified atom stereocenters. The van der Waals surface area contributed by atoms with Gasteiger partial charge in [-0.3, -0.25) is 0 Å². The molecule has 0 heterocycles. The van der Waals surface area contributed by atoms with Gasteiger partial charge < -0.3 is 5.73 Å². The van der Waals surface area contributed by atoms with E-state index in [1.165, 1.54) is 12.1 Å². The van der Waals surface area contributed by atoms with E-state index in [0.29, 0.717) is 0 Å². The molecule has 0 radical (unpaired) electrons. The standard InChI is InChI=1S/C13H11FIN/c14-10-7-5-9(6-8-10)13(16)11-3-1-2-4-12(11)15/h1-8,13H,16H2/t13-/m0/s1. The minimum absolute atomic E-state index is 0.200. The number of hydrogen-bond donors (Lipinski definition) is 1. The van der Waals surface area contributed by atoms with Crippen LogP contribution in [0.1, 0.15) is 17.2 Å². The quantitative estimate of drug-likeness (QED) is 0.840. The lowest BCUT2D eigenvalue weighted by Gasteiger charge is -2.14. The van der Waals surface area contributed by atoms with Gasteiger partial charge in [-0.15, -0.1) is 0 Å². The average molecular weight is 327 g/mol. The van der Waals surface area contributed by atoms with Crippen molar-refractivity contribution in [3.63, 3.8) is 0 Å². The zero-order chi connectivity index (χ0) is 11.5. The van der Waals surface area contributed by atoms with Crippen LogP contribution in [-0.4, -0.2) is 0 Å². The number of nitrogens with two attached hydrogens (primary N) is 1. The molecule has 2 aromatic carbocycles. The van der Waals surface area contributed by atoms with Crippen molar-refractivity contribution in [1.29, 1.82) is 0 Å². The number of hydrogen-bond acceptors (Lipinski definition) is 1.